The third kappa shape index (κ3) is 3.58. The average molecular weight is 341 g/mol. The van der Waals surface area contributed by atoms with Gasteiger partial charge in [0.2, 0.25) is 0 Å². The van der Waals surface area contributed by atoms with Gasteiger partial charge in [-0.05, 0) is 49.9 Å². The molecule has 1 saturated heterocycles. The minimum Gasteiger partial charge on any atom is -0.334 e. The fourth-order valence-corrected chi connectivity index (χ4v) is 3.87. The molecule has 1 aromatic carbocycles. The van der Waals surface area contributed by atoms with Crippen LogP contribution in [0, 0.1) is 5.92 Å². The minimum atomic E-state index is 0.0826. The van der Waals surface area contributed by atoms with E-state index in [4.69, 9.17) is 23.2 Å². The quantitative estimate of drug-likeness (QED) is 0.898. The summed E-state index contributed by atoms with van der Waals surface area (Å²) in [5.41, 5.74) is 0.638. The molecule has 3 nitrogen and oxygen atoms in total. The standard InChI is InChI=1S/C17H22Cl2N2O/c18-15-6-5-13(9-16(15)19)17(22)21(14-7-8-20-10-14)11-12-3-1-2-4-12/h5-6,9,12,14,20H,1-4,7-8,10-11H2. The second-order valence-corrected chi connectivity index (χ2v) is 7.20. The van der Waals surface area contributed by atoms with Crippen molar-refractivity contribution in [3.05, 3.63) is 33.8 Å². The van der Waals surface area contributed by atoms with Crippen molar-refractivity contribution in [1.29, 1.82) is 0 Å². The van der Waals surface area contributed by atoms with Crippen molar-refractivity contribution in [3.63, 3.8) is 0 Å². The lowest BCUT2D eigenvalue weighted by molar-refractivity contribution is 0.0658. The Hall–Kier alpha value is -0.770. The van der Waals surface area contributed by atoms with Crippen LogP contribution in [0.3, 0.4) is 0 Å². The molecule has 1 aliphatic carbocycles. The first kappa shape index (κ1) is 16.1. The van der Waals surface area contributed by atoms with Crippen LogP contribution in [-0.2, 0) is 0 Å². The van der Waals surface area contributed by atoms with Gasteiger partial charge >= 0.3 is 0 Å². The van der Waals surface area contributed by atoms with Crippen molar-refractivity contribution in [3.8, 4) is 0 Å². The summed E-state index contributed by atoms with van der Waals surface area (Å²) in [6, 6.07) is 5.47. The van der Waals surface area contributed by atoms with Crippen LogP contribution in [0.25, 0.3) is 0 Å². The Morgan fingerprint density at radius 2 is 1.95 bits per heavy atom. The van der Waals surface area contributed by atoms with Gasteiger partial charge in [-0.2, -0.15) is 0 Å². The first-order valence-electron chi connectivity index (χ1n) is 8.12. The van der Waals surface area contributed by atoms with Gasteiger partial charge in [-0.3, -0.25) is 4.79 Å². The SMILES string of the molecule is O=C(c1ccc(Cl)c(Cl)c1)N(CC1CCCC1)C1CCNC1. The van der Waals surface area contributed by atoms with Gasteiger partial charge in [0.05, 0.1) is 10.0 Å². The van der Waals surface area contributed by atoms with E-state index in [-0.39, 0.29) is 5.91 Å². The number of carbonyl (C=O) groups is 1. The van der Waals surface area contributed by atoms with Crippen molar-refractivity contribution in [1.82, 2.24) is 10.2 Å². The third-order valence-electron chi connectivity index (χ3n) is 4.83. The molecule has 2 fully saturated rings. The van der Waals surface area contributed by atoms with Crippen LogP contribution < -0.4 is 5.32 Å². The van der Waals surface area contributed by atoms with E-state index in [1.807, 2.05) is 0 Å². The predicted octanol–water partition coefficient (Wildman–Crippen LogP) is 3.99. The smallest absolute Gasteiger partial charge is 0.254 e. The van der Waals surface area contributed by atoms with E-state index in [0.717, 1.165) is 26.1 Å². The molecule has 5 heteroatoms. The molecular weight excluding hydrogens is 319 g/mol. The molecule has 1 aromatic rings. The maximum Gasteiger partial charge on any atom is 0.254 e. The molecule has 1 saturated carbocycles. The van der Waals surface area contributed by atoms with Crippen LogP contribution >= 0.6 is 23.2 Å². The minimum absolute atomic E-state index is 0.0826. The fraction of sp³-hybridized carbons (Fsp3) is 0.588. The van der Waals surface area contributed by atoms with Gasteiger partial charge in [0.15, 0.2) is 0 Å². The molecule has 1 aliphatic heterocycles. The Morgan fingerprint density at radius 1 is 1.18 bits per heavy atom. The van der Waals surface area contributed by atoms with Crippen molar-refractivity contribution in [2.75, 3.05) is 19.6 Å². The highest BCUT2D eigenvalue weighted by Crippen LogP contribution is 2.29. The molecule has 0 radical (unpaired) electrons. The lowest BCUT2D eigenvalue weighted by Crippen LogP contribution is -2.44. The number of nitrogens with zero attached hydrogens (tertiary/aromatic N) is 1. The highest BCUT2D eigenvalue weighted by atomic mass is 35.5. The van der Waals surface area contributed by atoms with E-state index in [0.29, 0.717) is 27.6 Å². The molecule has 3 rings (SSSR count). The van der Waals surface area contributed by atoms with E-state index in [1.165, 1.54) is 25.7 Å². The van der Waals surface area contributed by atoms with Gasteiger partial charge in [-0.15, -0.1) is 0 Å². The molecule has 1 amide bonds. The van der Waals surface area contributed by atoms with Crippen LogP contribution in [0.2, 0.25) is 10.0 Å². The largest absolute Gasteiger partial charge is 0.334 e. The number of amides is 1. The zero-order valence-corrected chi connectivity index (χ0v) is 14.2. The Balaban J connectivity index is 1.79. The summed E-state index contributed by atoms with van der Waals surface area (Å²) in [7, 11) is 0. The van der Waals surface area contributed by atoms with E-state index in [1.54, 1.807) is 18.2 Å². The number of hydrogen-bond donors (Lipinski definition) is 1. The number of nitrogens with one attached hydrogen (secondary N) is 1. The zero-order chi connectivity index (χ0) is 15.5. The van der Waals surface area contributed by atoms with E-state index < -0.39 is 0 Å². The normalized spacial score (nSPS) is 22.2. The van der Waals surface area contributed by atoms with Gasteiger partial charge in [0.1, 0.15) is 0 Å². The second kappa shape index (κ2) is 7.20. The monoisotopic (exact) mass is 340 g/mol. The summed E-state index contributed by atoms with van der Waals surface area (Å²) in [4.78, 5) is 15.0. The van der Waals surface area contributed by atoms with E-state index in [2.05, 4.69) is 10.2 Å². The first-order chi connectivity index (χ1) is 10.6. The number of benzene rings is 1. The second-order valence-electron chi connectivity index (χ2n) is 6.38. The number of halogens is 2. The van der Waals surface area contributed by atoms with Gasteiger partial charge < -0.3 is 10.2 Å². The Morgan fingerprint density at radius 3 is 2.59 bits per heavy atom. The molecule has 0 aromatic heterocycles. The molecule has 120 valence electrons. The summed E-state index contributed by atoms with van der Waals surface area (Å²) in [5, 5.41) is 4.29. The molecule has 1 unspecified atom stereocenters. The summed E-state index contributed by atoms with van der Waals surface area (Å²) in [5.74, 6) is 0.728. The van der Waals surface area contributed by atoms with E-state index >= 15 is 0 Å². The van der Waals surface area contributed by atoms with E-state index in [9.17, 15) is 4.79 Å². The van der Waals surface area contributed by atoms with Crippen LogP contribution in [0.15, 0.2) is 18.2 Å². The van der Waals surface area contributed by atoms with Gasteiger partial charge in [-0.25, -0.2) is 0 Å². The lowest BCUT2D eigenvalue weighted by Gasteiger charge is -2.31. The topological polar surface area (TPSA) is 32.3 Å². The summed E-state index contributed by atoms with van der Waals surface area (Å²) in [6.07, 6.45) is 6.10. The Labute approximate surface area is 142 Å². The van der Waals surface area contributed by atoms with Crippen LogP contribution in [0.5, 0.6) is 0 Å². The molecular formula is C17H22Cl2N2O. The lowest BCUT2D eigenvalue weighted by atomic mass is 10.0. The zero-order valence-electron chi connectivity index (χ0n) is 12.7. The average Bonchev–Trinajstić information content (AvgIpc) is 3.20. The maximum atomic E-state index is 13.0. The molecule has 22 heavy (non-hydrogen) atoms. The molecule has 1 heterocycles. The van der Waals surface area contributed by atoms with Crippen LogP contribution in [-0.4, -0.2) is 36.5 Å². The van der Waals surface area contributed by atoms with Crippen molar-refractivity contribution in [2.24, 2.45) is 5.92 Å². The number of rotatable bonds is 4. The van der Waals surface area contributed by atoms with Gasteiger partial charge in [0.25, 0.3) is 5.91 Å². The predicted molar refractivity (Wildman–Crippen MR) is 90.7 cm³/mol. The highest BCUT2D eigenvalue weighted by Gasteiger charge is 2.30. The molecule has 1 atom stereocenters. The van der Waals surface area contributed by atoms with Crippen molar-refractivity contribution in [2.45, 2.75) is 38.1 Å². The Bertz CT molecular complexity index is 537. The molecule has 1 N–H and O–H groups in total. The summed E-state index contributed by atoms with van der Waals surface area (Å²) in [6.45, 7) is 2.74. The third-order valence-corrected chi connectivity index (χ3v) is 5.57. The van der Waals surface area contributed by atoms with Crippen LogP contribution in [0.1, 0.15) is 42.5 Å². The Kier molecular flexibility index (Phi) is 5.27. The van der Waals surface area contributed by atoms with Crippen molar-refractivity contribution >= 4 is 29.1 Å². The summed E-state index contributed by atoms with van der Waals surface area (Å²) < 4.78 is 0. The number of hydrogen-bond acceptors (Lipinski definition) is 2. The molecule has 0 spiro atoms. The van der Waals surface area contributed by atoms with Gasteiger partial charge in [0, 0.05) is 24.7 Å². The highest BCUT2D eigenvalue weighted by molar-refractivity contribution is 6.42. The fourth-order valence-electron chi connectivity index (χ4n) is 3.57. The van der Waals surface area contributed by atoms with Crippen LogP contribution in [0.4, 0.5) is 0 Å². The molecule has 2 aliphatic rings. The number of carbonyl (C=O) groups excluding carboxylic acids is 1. The van der Waals surface area contributed by atoms with Crippen molar-refractivity contribution < 1.29 is 4.79 Å². The summed E-state index contributed by atoms with van der Waals surface area (Å²) >= 11 is 12.0. The first-order valence-corrected chi connectivity index (χ1v) is 8.87. The van der Waals surface area contributed by atoms with Gasteiger partial charge in [-0.1, -0.05) is 36.0 Å². The molecule has 0 bridgehead atoms. The maximum absolute atomic E-state index is 13.0.